The molecule has 0 amide bonds. The Kier molecular flexibility index (Phi) is 14.8. The topological polar surface area (TPSA) is 77.8 Å². The number of hydrogen-bond acceptors (Lipinski definition) is 6. The van der Waals surface area contributed by atoms with Crippen LogP contribution in [0.5, 0.6) is 0 Å². The van der Waals surface area contributed by atoms with Gasteiger partial charge in [0.1, 0.15) is 22.3 Å². The standard InChI is InChI=1S/C50H32N2O.C46H28N2O/c1-4-15-33(16-5-1)43-31-44-48-40(27-14-28-47(48)53-49(44)42-26-11-10-25-41(42)43)38-23-12-21-36(29-38)37-22-13-24-39(30-37)46-32-45(34-17-6-2-7-18-34)51-50(52-46)35-19-8-3-9-20-35;1-3-11-29(12-4-1)38-28-39-43-35(19-10-20-42(43)49-46(39)37-18-8-7-17-36(37)38)33-15-9-16-34(27-33)41-26-24-32-22-21-31-23-25-40(30-13-5-2-6-14-30)47-44(31)45(32)48-41/h1-32H;1-28H. The molecule has 0 N–H and O–H groups in total. The third kappa shape index (κ3) is 10.8. The minimum absolute atomic E-state index is 0.706. The van der Waals surface area contributed by atoms with Crippen molar-refractivity contribution in [3.05, 3.63) is 364 Å². The average Bonchev–Trinajstić information content (AvgIpc) is 1.55. The number of pyridine rings is 2. The molecule has 0 bridgehead atoms. The summed E-state index contributed by atoms with van der Waals surface area (Å²) in [7, 11) is 0. The lowest BCUT2D eigenvalue weighted by molar-refractivity contribution is 0.672. The molecule has 0 fully saturated rings. The van der Waals surface area contributed by atoms with E-state index >= 15 is 0 Å². The molecule has 0 spiro atoms. The Bertz CT molecular complexity index is 6550. The second-order valence-corrected chi connectivity index (χ2v) is 25.9. The van der Waals surface area contributed by atoms with Crippen molar-refractivity contribution in [2.24, 2.45) is 0 Å². The summed E-state index contributed by atoms with van der Waals surface area (Å²) in [5.74, 6) is 0.706. The van der Waals surface area contributed by atoms with E-state index in [1.807, 2.05) is 54.6 Å². The summed E-state index contributed by atoms with van der Waals surface area (Å²) < 4.78 is 13.3. The molecule has 20 aromatic rings. The van der Waals surface area contributed by atoms with Crippen molar-refractivity contribution < 1.29 is 8.83 Å². The van der Waals surface area contributed by atoms with Gasteiger partial charge in [-0.2, -0.15) is 0 Å². The van der Waals surface area contributed by atoms with Gasteiger partial charge >= 0.3 is 0 Å². The molecule has 0 atom stereocenters. The van der Waals surface area contributed by atoms with E-state index in [0.717, 1.165) is 160 Å². The van der Waals surface area contributed by atoms with Gasteiger partial charge in [-0.3, -0.25) is 0 Å². The molecule has 0 unspecified atom stereocenters. The van der Waals surface area contributed by atoms with Crippen LogP contribution in [0.3, 0.4) is 0 Å². The number of nitrogens with zero attached hydrogens (tertiary/aromatic N) is 4. The number of hydrogen-bond donors (Lipinski definition) is 0. The van der Waals surface area contributed by atoms with Crippen LogP contribution in [0.15, 0.2) is 373 Å². The van der Waals surface area contributed by atoms with Gasteiger partial charge in [0, 0.05) is 70.9 Å². The fourth-order valence-corrected chi connectivity index (χ4v) is 14.8. The third-order valence-corrected chi connectivity index (χ3v) is 19.7. The molecule has 0 radical (unpaired) electrons. The van der Waals surface area contributed by atoms with Gasteiger partial charge in [-0.25, -0.2) is 19.9 Å². The molecule has 0 saturated heterocycles. The quantitative estimate of drug-likeness (QED) is 0.127. The van der Waals surface area contributed by atoms with Gasteiger partial charge in [-0.05, 0) is 127 Å². The molecule has 20 rings (SSSR count). The highest BCUT2D eigenvalue weighted by molar-refractivity contribution is 6.24. The summed E-state index contributed by atoms with van der Waals surface area (Å²) in [5.41, 5.74) is 25.8. The zero-order valence-corrected chi connectivity index (χ0v) is 55.2. The lowest BCUT2D eigenvalue weighted by Gasteiger charge is -2.12. The molecule has 5 aromatic heterocycles. The molecule has 0 aliphatic heterocycles. The van der Waals surface area contributed by atoms with Crippen LogP contribution in [-0.4, -0.2) is 19.9 Å². The summed E-state index contributed by atoms with van der Waals surface area (Å²) in [6.45, 7) is 0. The number of furan rings is 2. The van der Waals surface area contributed by atoms with E-state index in [0.29, 0.717) is 5.82 Å². The molecule has 0 aliphatic carbocycles. The summed E-state index contributed by atoms with van der Waals surface area (Å²) in [4.78, 5) is 20.4. The second-order valence-electron chi connectivity index (χ2n) is 25.9. The van der Waals surface area contributed by atoms with Crippen LogP contribution in [0.4, 0.5) is 0 Å². The van der Waals surface area contributed by atoms with E-state index in [1.54, 1.807) is 0 Å². The van der Waals surface area contributed by atoms with E-state index in [4.69, 9.17) is 28.8 Å². The molecule has 102 heavy (non-hydrogen) atoms. The maximum absolute atomic E-state index is 6.67. The third-order valence-electron chi connectivity index (χ3n) is 19.7. The van der Waals surface area contributed by atoms with Gasteiger partial charge in [0.2, 0.25) is 0 Å². The first-order valence-corrected chi connectivity index (χ1v) is 34.5. The van der Waals surface area contributed by atoms with Crippen molar-refractivity contribution in [2.45, 2.75) is 0 Å². The summed E-state index contributed by atoms with van der Waals surface area (Å²) in [6.07, 6.45) is 0. The molecular weight excluding hydrogens is 1240 g/mol. The van der Waals surface area contributed by atoms with Gasteiger partial charge in [0.15, 0.2) is 5.82 Å². The first-order chi connectivity index (χ1) is 50.5. The van der Waals surface area contributed by atoms with Crippen molar-refractivity contribution in [2.75, 3.05) is 0 Å². The number of rotatable bonds is 10. The van der Waals surface area contributed by atoms with Crippen molar-refractivity contribution in [3.8, 4) is 112 Å². The van der Waals surface area contributed by atoms with Gasteiger partial charge in [-0.1, -0.05) is 303 Å². The van der Waals surface area contributed by atoms with Crippen LogP contribution < -0.4 is 0 Å². The highest BCUT2D eigenvalue weighted by Gasteiger charge is 2.22. The maximum atomic E-state index is 6.67. The molecule has 6 nitrogen and oxygen atoms in total. The van der Waals surface area contributed by atoms with Crippen molar-refractivity contribution in [1.82, 2.24) is 19.9 Å². The number of benzene rings is 15. The van der Waals surface area contributed by atoms with Gasteiger partial charge < -0.3 is 8.83 Å². The van der Waals surface area contributed by atoms with Gasteiger partial charge in [0.05, 0.1) is 33.8 Å². The molecule has 0 saturated carbocycles. The second kappa shape index (κ2) is 25.3. The van der Waals surface area contributed by atoms with Gasteiger partial charge in [0.25, 0.3) is 0 Å². The van der Waals surface area contributed by atoms with Crippen LogP contribution in [0.1, 0.15) is 0 Å². The highest BCUT2D eigenvalue weighted by atomic mass is 16.3. The van der Waals surface area contributed by atoms with Crippen LogP contribution in [0.25, 0.3) is 199 Å². The summed E-state index contributed by atoms with van der Waals surface area (Å²) in [5, 5.41) is 11.2. The summed E-state index contributed by atoms with van der Waals surface area (Å²) in [6, 6.07) is 128. The monoisotopic (exact) mass is 1300 g/mol. The number of fused-ring (bicyclic) bond motifs is 13. The van der Waals surface area contributed by atoms with Crippen molar-refractivity contribution in [1.29, 1.82) is 0 Å². The lowest BCUT2D eigenvalue weighted by Crippen LogP contribution is -1.96. The SMILES string of the molecule is c1ccc(-c2cc(-c3cccc(-c4cccc(-c5cccc6oc7c8ccccc8c(-c8ccccc8)cc7c56)c4)c3)nc(-c3ccccc3)n2)cc1.c1ccc(-c2ccc3ccc4ccc(-c5cccc(-c6cccc7oc8c9ccccc9c(-c9ccccc9)cc8c67)c5)nc4c3n2)cc1. The highest BCUT2D eigenvalue weighted by Crippen LogP contribution is 2.46. The number of aromatic nitrogens is 4. The zero-order chi connectivity index (χ0) is 67.5. The van der Waals surface area contributed by atoms with Crippen LogP contribution >= 0.6 is 0 Å². The first-order valence-electron chi connectivity index (χ1n) is 34.5. The fourth-order valence-electron chi connectivity index (χ4n) is 14.8. The molecule has 476 valence electrons. The molecule has 6 heteroatoms. The summed E-state index contributed by atoms with van der Waals surface area (Å²) >= 11 is 0. The molecule has 0 aliphatic rings. The van der Waals surface area contributed by atoms with E-state index in [9.17, 15) is 0 Å². The smallest absolute Gasteiger partial charge is 0.160 e. The van der Waals surface area contributed by atoms with Crippen LogP contribution in [-0.2, 0) is 0 Å². The molecular formula is C96H60N4O2. The Hall–Kier alpha value is -13.7. The largest absolute Gasteiger partial charge is 0.455 e. The van der Waals surface area contributed by atoms with E-state index < -0.39 is 0 Å². The van der Waals surface area contributed by atoms with Crippen molar-refractivity contribution in [3.63, 3.8) is 0 Å². The predicted octanol–water partition coefficient (Wildman–Crippen LogP) is 26.0. The van der Waals surface area contributed by atoms with Crippen molar-refractivity contribution >= 4 is 87.2 Å². The predicted molar refractivity (Wildman–Crippen MR) is 423 cm³/mol. The van der Waals surface area contributed by atoms with Crippen LogP contribution in [0.2, 0.25) is 0 Å². The Morgan fingerprint density at radius 2 is 0.520 bits per heavy atom. The van der Waals surface area contributed by atoms with E-state index in [-0.39, 0.29) is 0 Å². The lowest BCUT2D eigenvalue weighted by atomic mass is 9.92. The Morgan fingerprint density at radius 1 is 0.186 bits per heavy atom. The average molecular weight is 1300 g/mol. The fraction of sp³-hybridized carbons (Fsp3) is 0. The van der Waals surface area contributed by atoms with E-state index in [1.165, 1.54) is 33.0 Å². The van der Waals surface area contributed by atoms with E-state index in [2.05, 4.69) is 309 Å². The minimum Gasteiger partial charge on any atom is -0.455 e. The molecule has 15 aromatic carbocycles. The Morgan fingerprint density at radius 3 is 1.00 bits per heavy atom. The normalized spacial score (nSPS) is 11.5. The first kappa shape index (κ1) is 59.6. The Balaban J connectivity index is 0.000000142. The van der Waals surface area contributed by atoms with Crippen LogP contribution in [0, 0.1) is 0 Å². The Labute approximate surface area is 588 Å². The molecule has 5 heterocycles. The zero-order valence-electron chi connectivity index (χ0n) is 55.2. The minimum atomic E-state index is 0.706. The maximum Gasteiger partial charge on any atom is 0.160 e. The van der Waals surface area contributed by atoms with Gasteiger partial charge in [-0.15, -0.1) is 0 Å².